The summed E-state index contributed by atoms with van der Waals surface area (Å²) in [4.78, 5) is 28.9. The first kappa shape index (κ1) is 17.9. The van der Waals surface area contributed by atoms with Crippen LogP contribution in [0.2, 0.25) is 0 Å². The highest BCUT2D eigenvalue weighted by Crippen LogP contribution is 2.31. The van der Waals surface area contributed by atoms with Crippen molar-refractivity contribution in [3.63, 3.8) is 0 Å². The number of carbonyl (C=O) groups excluding carboxylic acids is 2. The van der Waals surface area contributed by atoms with Crippen LogP contribution in [0.3, 0.4) is 0 Å². The molecule has 0 atom stereocenters. The van der Waals surface area contributed by atoms with Crippen molar-refractivity contribution < 1.29 is 9.59 Å². The number of rotatable bonds is 5. The molecule has 1 fully saturated rings. The van der Waals surface area contributed by atoms with Crippen molar-refractivity contribution in [1.82, 2.24) is 14.9 Å². The Balaban J connectivity index is 1.31. The predicted octanol–water partition coefficient (Wildman–Crippen LogP) is 4.14. The first-order valence-electron chi connectivity index (χ1n) is 9.39. The van der Waals surface area contributed by atoms with Crippen molar-refractivity contribution in [2.75, 3.05) is 0 Å². The number of hydrogen-bond acceptors (Lipinski definition) is 4. The molecular formula is C21H23N3O2S. The molecule has 3 heterocycles. The van der Waals surface area contributed by atoms with Gasteiger partial charge in [-0.2, -0.15) is 0 Å². The molecule has 27 heavy (non-hydrogen) atoms. The number of Topliss-reactive ketones (excluding diaryl/α,β-unsaturated/α-hetero) is 1. The lowest BCUT2D eigenvalue weighted by molar-refractivity contribution is -0.121. The van der Waals surface area contributed by atoms with Crippen molar-refractivity contribution in [3.05, 3.63) is 52.5 Å². The van der Waals surface area contributed by atoms with E-state index in [2.05, 4.69) is 33.2 Å². The zero-order chi connectivity index (χ0) is 18.8. The van der Waals surface area contributed by atoms with Gasteiger partial charge in [0.2, 0.25) is 5.91 Å². The Labute approximate surface area is 162 Å². The molecule has 6 heteroatoms. The molecule has 1 aliphatic carbocycles. The highest BCUT2D eigenvalue weighted by Gasteiger charge is 2.24. The number of aromatic nitrogens is 2. The van der Waals surface area contributed by atoms with Crippen LogP contribution in [0.4, 0.5) is 0 Å². The van der Waals surface area contributed by atoms with Gasteiger partial charge in [-0.05, 0) is 67.8 Å². The van der Waals surface area contributed by atoms with E-state index in [1.54, 1.807) is 6.92 Å². The summed E-state index contributed by atoms with van der Waals surface area (Å²) in [6, 6.07) is 8.67. The Morgan fingerprint density at radius 1 is 1.26 bits per heavy atom. The maximum Gasteiger partial charge on any atom is 0.224 e. The summed E-state index contributed by atoms with van der Waals surface area (Å²) in [5, 5.41) is 6.24. The number of hydrogen-bond donors (Lipinski definition) is 1. The zero-order valence-electron chi connectivity index (χ0n) is 15.4. The highest BCUT2D eigenvalue weighted by molar-refractivity contribution is 7.12. The first-order valence-corrected chi connectivity index (χ1v) is 10.3. The Morgan fingerprint density at radius 2 is 2.07 bits per heavy atom. The third-order valence-corrected chi connectivity index (χ3v) is 6.38. The highest BCUT2D eigenvalue weighted by atomic mass is 32.1. The molecule has 0 bridgehead atoms. The van der Waals surface area contributed by atoms with Gasteiger partial charge in [-0.25, -0.2) is 4.98 Å². The van der Waals surface area contributed by atoms with Crippen molar-refractivity contribution in [1.29, 1.82) is 0 Å². The summed E-state index contributed by atoms with van der Waals surface area (Å²) in [6.07, 6.45) is 8.35. The van der Waals surface area contributed by atoms with Crippen LogP contribution in [0.15, 0.2) is 42.0 Å². The SMILES string of the molecule is CC(=O)c1cc(CC(=O)NC2CCC(n3ccc4cccnc43)CC2)cs1. The van der Waals surface area contributed by atoms with E-state index in [1.807, 2.05) is 23.7 Å². The molecule has 4 rings (SSSR count). The molecule has 5 nitrogen and oxygen atoms in total. The number of fused-ring (bicyclic) bond motifs is 1. The lowest BCUT2D eigenvalue weighted by Crippen LogP contribution is -2.38. The molecule has 0 aliphatic heterocycles. The third-order valence-electron chi connectivity index (χ3n) is 5.30. The second-order valence-corrected chi connectivity index (χ2v) is 8.18. The van der Waals surface area contributed by atoms with Crippen LogP contribution in [0, 0.1) is 0 Å². The minimum absolute atomic E-state index is 0.0411. The van der Waals surface area contributed by atoms with E-state index in [9.17, 15) is 9.59 Å². The second-order valence-electron chi connectivity index (χ2n) is 7.26. The van der Waals surface area contributed by atoms with E-state index in [4.69, 9.17) is 0 Å². The summed E-state index contributed by atoms with van der Waals surface area (Å²) in [6.45, 7) is 1.55. The largest absolute Gasteiger partial charge is 0.353 e. The Morgan fingerprint density at radius 3 is 2.81 bits per heavy atom. The molecule has 0 unspecified atom stereocenters. The van der Waals surface area contributed by atoms with Crippen molar-refractivity contribution >= 4 is 34.1 Å². The Kier molecular flexibility index (Phi) is 5.07. The average molecular weight is 382 g/mol. The number of thiophene rings is 1. The van der Waals surface area contributed by atoms with Crippen LogP contribution in [0.1, 0.15) is 53.9 Å². The van der Waals surface area contributed by atoms with Gasteiger partial charge in [0.15, 0.2) is 5.78 Å². The Bertz CT molecular complexity index is 967. The van der Waals surface area contributed by atoms with Gasteiger partial charge in [0.25, 0.3) is 0 Å². The number of nitrogens with one attached hydrogen (secondary N) is 1. The van der Waals surface area contributed by atoms with Crippen LogP contribution < -0.4 is 5.32 Å². The van der Waals surface area contributed by atoms with Gasteiger partial charge in [-0.3, -0.25) is 9.59 Å². The van der Waals surface area contributed by atoms with Gasteiger partial charge in [0.05, 0.1) is 11.3 Å². The first-order chi connectivity index (χ1) is 13.1. The normalized spacial score (nSPS) is 19.9. The number of pyridine rings is 1. The second kappa shape index (κ2) is 7.64. The topological polar surface area (TPSA) is 64.0 Å². The molecule has 1 saturated carbocycles. The van der Waals surface area contributed by atoms with Crippen LogP contribution in [0.5, 0.6) is 0 Å². The van der Waals surface area contributed by atoms with Crippen molar-refractivity contribution in [2.45, 2.75) is 51.1 Å². The third kappa shape index (κ3) is 3.95. The summed E-state index contributed by atoms with van der Waals surface area (Å²) in [7, 11) is 0. The molecule has 1 amide bonds. The monoisotopic (exact) mass is 381 g/mol. The fourth-order valence-corrected chi connectivity index (χ4v) is 4.71. The number of amides is 1. The summed E-state index contributed by atoms with van der Waals surface area (Å²) in [5.41, 5.74) is 1.96. The molecule has 3 aromatic rings. The van der Waals surface area contributed by atoms with Crippen molar-refractivity contribution in [2.24, 2.45) is 0 Å². The minimum atomic E-state index is 0.0411. The van der Waals surface area contributed by atoms with E-state index >= 15 is 0 Å². The van der Waals surface area contributed by atoms with Gasteiger partial charge in [0, 0.05) is 29.9 Å². The van der Waals surface area contributed by atoms with E-state index in [-0.39, 0.29) is 17.7 Å². The van der Waals surface area contributed by atoms with Crippen molar-refractivity contribution in [3.8, 4) is 0 Å². The molecule has 0 radical (unpaired) electrons. The fraction of sp³-hybridized carbons (Fsp3) is 0.381. The summed E-state index contributed by atoms with van der Waals surface area (Å²) >= 11 is 1.41. The maximum atomic E-state index is 12.3. The van der Waals surface area contributed by atoms with E-state index < -0.39 is 0 Å². The smallest absolute Gasteiger partial charge is 0.224 e. The van der Waals surface area contributed by atoms with Gasteiger partial charge < -0.3 is 9.88 Å². The summed E-state index contributed by atoms with van der Waals surface area (Å²) < 4.78 is 2.28. The van der Waals surface area contributed by atoms with Crippen LogP contribution in [-0.2, 0) is 11.2 Å². The number of ketones is 1. The minimum Gasteiger partial charge on any atom is -0.353 e. The van der Waals surface area contributed by atoms with Crippen LogP contribution in [-0.4, -0.2) is 27.3 Å². The molecule has 0 spiro atoms. The molecule has 0 saturated heterocycles. The van der Waals surface area contributed by atoms with E-state index in [0.717, 1.165) is 36.9 Å². The quantitative estimate of drug-likeness (QED) is 0.676. The zero-order valence-corrected chi connectivity index (χ0v) is 16.2. The van der Waals surface area contributed by atoms with E-state index in [0.29, 0.717) is 17.3 Å². The molecular weight excluding hydrogens is 358 g/mol. The maximum absolute atomic E-state index is 12.3. The number of nitrogens with zero attached hydrogens (tertiary/aromatic N) is 2. The lowest BCUT2D eigenvalue weighted by Gasteiger charge is -2.30. The number of carbonyl (C=O) groups is 2. The van der Waals surface area contributed by atoms with Crippen LogP contribution in [0.25, 0.3) is 11.0 Å². The van der Waals surface area contributed by atoms with E-state index in [1.165, 1.54) is 16.7 Å². The summed E-state index contributed by atoms with van der Waals surface area (Å²) in [5.74, 6) is 0.0939. The molecule has 0 aromatic carbocycles. The van der Waals surface area contributed by atoms with Crippen LogP contribution >= 0.6 is 11.3 Å². The van der Waals surface area contributed by atoms with Gasteiger partial charge >= 0.3 is 0 Å². The average Bonchev–Trinajstić information content (AvgIpc) is 3.29. The molecule has 3 aromatic heterocycles. The van der Waals surface area contributed by atoms with Gasteiger partial charge in [-0.1, -0.05) is 0 Å². The van der Waals surface area contributed by atoms with Gasteiger partial charge in [0.1, 0.15) is 5.65 Å². The molecule has 140 valence electrons. The Hall–Kier alpha value is -2.47. The molecule has 1 aliphatic rings. The lowest BCUT2D eigenvalue weighted by atomic mass is 9.91. The fourth-order valence-electron chi connectivity index (χ4n) is 3.90. The molecule has 1 N–H and O–H groups in total. The standard InChI is InChI=1S/C21H23N3O2S/c1-14(25)19-11-15(13-27-19)12-20(26)23-17-4-6-18(7-5-17)24-10-8-16-3-2-9-22-21(16)24/h2-3,8-11,13,17-18H,4-7,12H2,1H3,(H,23,26). The van der Waals surface area contributed by atoms with Gasteiger partial charge in [-0.15, -0.1) is 11.3 Å². The predicted molar refractivity (Wildman–Crippen MR) is 107 cm³/mol.